The molecule has 1 aromatic rings. The van der Waals surface area contributed by atoms with Gasteiger partial charge in [0, 0.05) is 6.04 Å². The van der Waals surface area contributed by atoms with Gasteiger partial charge in [0.05, 0.1) is 10.0 Å². The maximum absolute atomic E-state index is 13.6. The molecule has 0 aromatic heterocycles. The Balaban J connectivity index is 2.29. The van der Waals surface area contributed by atoms with E-state index in [-0.39, 0.29) is 21.9 Å². The summed E-state index contributed by atoms with van der Waals surface area (Å²) in [4.78, 5) is -0.302. The average molecular weight is 341 g/mol. The Morgan fingerprint density at radius 2 is 2.05 bits per heavy atom. The lowest BCUT2D eigenvalue weighted by molar-refractivity contribution is 0.452. The maximum Gasteiger partial charge on any atom is 0.242 e. The molecule has 1 saturated carbocycles. The fourth-order valence-corrected chi connectivity index (χ4v) is 4.54. The van der Waals surface area contributed by atoms with Gasteiger partial charge in [0.15, 0.2) is 5.82 Å². The molecular weight excluding hydrogens is 326 g/mol. The number of halogens is 3. The van der Waals surface area contributed by atoms with Crippen molar-refractivity contribution in [3.05, 3.63) is 28.0 Å². The van der Waals surface area contributed by atoms with Gasteiger partial charge in [0.2, 0.25) is 10.0 Å². The molecule has 0 spiro atoms. The second-order valence-corrected chi connectivity index (χ2v) is 7.30. The third-order valence-corrected chi connectivity index (χ3v) is 5.86. The van der Waals surface area contributed by atoms with Crippen molar-refractivity contribution in [2.24, 2.45) is 11.7 Å². The van der Waals surface area contributed by atoms with Gasteiger partial charge in [-0.2, -0.15) is 0 Å². The van der Waals surface area contributed by atoms with E-state index in [1.54, 1.807) is 0 Å². The van der Waals surface area contributed by atoms with E-state index in [1.807, 2.05) is 0 Å². The Labute approximate surface area is 127 Å². The largest absolute Gasteiger partial charge is 0.330 e. The van der Waals surface area contributed by atoms with Gasteiger partial charge in [0.25, 0.3) is 0 Å². The predicted molar refractivity (Wildman–Crippen MR) is 76.9 cm³/mol. The standard InChI is InChI=1S/C12H15Cl2FN2O2S/c13-8-4-5-10(11(14)12(8)15)20(18,19)17-9-3-1-2-7(9)6-16/h4-5,7,9,17H,1-3,6,16H2. The molecule has 2 atom stereocenters. The Morgan fingerprint density at radius 3 is 2.70 bits per heavy atom. The summed E-state index contributed by atoms with van der Waals surface area (Å²) < 4.78 is 40.7. The van der Waals surface area contributed by atoms with Crippen molar-refractivity contribution in [3.8, 4) is 0 Å². The van der Waals surface area contributed by atoms with Crippen molar-refractivity contribution in [2.75, 3.05) is 6.54 Å². The van der Waals surface area contributed by atoms with Crippen LogP contribution in [0.4, 0.5) is 4.39 Å². The first-order chi connectivity index (χ1) is 9.36. The minimum atomic E-state index is -3.89. The molecule has 0 aliphatic heterocycles. The van der Waals surface area contributed by atoms with E-state index in [0.717, 1.165) is 19.3 Å². The van der Waals surface area contributed by atoms with Gasteiger partial charge in [-0.1, -0.05) is 29.6 Å². The summed E-state index contributed by atoms with van der Waals surface area (Å²) in [5.74, 6) is -0.835. The molecule has 4 nitrogen and oxygen atoms in total. The van der Waals surface area contributed by atoms with Crippen LogP contribution >= 0.6 is 23.2 Å². The van der Waals surface area contributed by atoms with Gasteiger partial charge < -0.3 is 5.73 Å². The molecule has 0 saturated heterocycles. The molecule has 0 amide bonds. The molecule has 1 aromatic carbocycles. The van der Waals surface area contributed by atoms with Gasteiger partial charge in [-0.3, -0.25) is 0 Å². The lowest BCUT2D eigenvalue weighted by Crippen LogP contribution is -2.39. The van der Waals surface area contributed by atoms with Crippen molar-refractivity contribution < 1.29 is 12.8 Å². The molecule has 8 heteroatoms. The smallest absolute Gasteiger partial charge is 0.242 e. The number of hydrogen-bond acceptors (Lipinski definition) is 3. The van der Waals surface area contributed by atoms with E-state index in [2.05, 4.69) is 4.72 Å². The van der Waals surface area contributed by atoms with Crippen LogP contribution in [0.3, 0.4) is 0 Å². The summed E-state index contributed by atoms with van der Waals surface area (Å²) in [6.45, 7) is 0.413. The Hall–Kier alpha value is -0.400. The highest BCUT2D eigenvalue weighted by molar-refractivity contribution is 7.89. The number of nitrogens with two attached hydrogens (primary N) is 1. The van der Waals surface area contributed by atoms with E-state index >= 15 is 0 Å². The first-order valence-electron chi connectivity index (χ1n) is 6.22. The fraction of sp³-hybridized carbons (Fsp3) is 0.500. The monoisotopic (exact) mass is 340 g/mol. The molecule has 1 fully saturated rings. The topological polar surface area (TPSA) is 72.2 Å². The lowest BCUT2D eigenvalue weighted by Gasteiger charge is -2.20. The van der Waals surface area contributed by atoms with Crippen molar-refractivity contribution in [1.82, 2.24) is 4.72 Å². The number of benzene rings is 1. The SMILES string of the molecule is NCC1CCCC1NS(=O)(=O)c1ccc(Cl)c(F)c1Cl. The fourth-order valence-electron chi connectivity index (χ4n) is 2.45. The zero-order chi connectivity index (χ0) is 14.9. The van der Waals surface area contributed by atoms with Gasteiger partial charge in [-0.25, -0.2) is 17.5 Å². The third kappa shape index (κ3) is 3.09. The number of hydrogen-bond donors (Lipinski definition) is 2. The number of rotatable bonds is 4. The van der Waals surface area contributed by atoms with Crippen LogP contribution in [0.15, 0.2) is 17.0 Å². The quantitative estimate of drug-likeness (QED) is 0.827. The normalized spacial score (nSPS) is 23.2. The maximum atomic E-state index is 13.6. The Morgan fingerprint density at radius 1 is 1.35 bits per heavy atom. The van der Waals surface area contributed by atoms with Crippen LogP contribution in [0, 0.1) is 11.7 Å². The second-order valence-electron chi connectivity index (χ2n) is 4.83. The molecule has 0 bridgehead atoms. The summed E-state index contributed by atoms with van der Waals surface area (Å²) in [5, 5.41) is -0.707. The summed E-state index contributed by atoms with van der Waals surface area (Å²) in [6, 6.07) is 2.13. The van der Waals surface area contributed by atoms with E-state index < -0.39 is 20.9 Å². The molecule has 3 N–H and O–H groups in total. The third-order valence-electron chi connectivity index (χ3n) is 3.56. The Kier molecular flexibility index (Phi) is 4.92. The predicted octanol–water partition coefficient (Wildman–Crippen LogP) is 2.54. The van der Waals surface area contributed by atoms with E-state index in [0.29, 0.717) is 6.54 Å². The summed E-state index contributed by atoms with van der Waals surface area (Å²) in [7, 11) is -3.89. The van der Waals surface area contributed by atoms with E-state index in [4.69, 9.17) is 28.9 Å². The zero-order valence-corrected chi connectivity index (χ0v) is 12.9. The summed E-state index contributed by atoms with van der Waals surface area (Å²) in [6.07, 6.45) is 2.51. The minimum absolute atomic E-state index is 0.0979. The van der Waals surface area contributed by atoms with Crippen LogP contribution < -0.4 is 10.5 Å². The first-order valence-corrected chi connectivity index (χ1v) is 8.46. The Bertz CT molecular complexity index is 610. The van der Waals surface area contributed by atoms with Crippen molar-refractivity contribution in [3.63, 3.8) is 0 Å². The molecule has 20 heavy (non-hydrogen) atoms. The molecule has 0 heterocycles. The highest BCUT2D eigenvalue weighted by Crippen LogP contribution is 2.31. The van der Waals surface area contributed by atoms with Crippen LogP contribution in [0.25, 0.3) is 0 Å². The first kappa shape index (κ1) is 16.0. The van der Waals surface area contributed by atoms with Crippen LogP contribution in [-0.4, -0.2) is 21.0 Å². The van der Waals surface area contributed by atoms with Gasteiger partial charge >= 0.3 is 0 Å². The van der Waals surface area contributed by atoms with Crippen molar-refractivity contribution in [1.29, 1.82) is 0 Å². The zero-order valence-electron chi connectivity index (χ0n) is 10.6. The van der Waals surface area contributed by atoms with Crippen molar-refractivity contribution >= 4 is 33.2 Å². The van der Waals surface area contributed by atoms with Crippen LogP contribution in [0.5, 0.6) is 0 Å². The molecule has 2 unspecified atom stereocenters. The van der Waals surface area contributed by atoms with E-state index in [1.165, 1.54) is 12.1 Å². The van der Waals surface area contributed by atoms with E-state index in [9.17, 15) is 12.8 Å². The lowest BCUT2D eigenvalue weighted by atomic mass is 10.1. The number of sulfonamides is 1. The second kappa shape index (κ2) is 6.15. The molecule has 2 rings (SSSR count). The average Bonchev–Trinajstić information content (AvgIpc) is 2.82. The van der Waals surface area contributed by atoms with Gasteiger partial charge in [0.1, 0.15) is 4.90 Å². The highest BCUT2D eigenvalue weighted by Gasteiger charge is 2.31. The molecular formula is C12H15Cl2FN2O2S. The molecule has 1 aliphatic carbocycles. The summed E-state index contributed by atoms with van der Waals surface area (Å²) in [5.41, 5.74) is 5.62. The van der Waals surface area contributed by atoms with Crippen LogP contribution in [-0.2, 0) is 10.0 Å². The minimum Gasteiger partial charge on any atom is -0.330 e. The molecule has 0 radical (unpaired) electrons. The van der Waals surface area contributed by atoms with Gasteiger partial charge in [-0.15, -0.1) is 0 Å². The molecule has 1 aliphatic rings. The summed E-state index contributed by atoms with van der Waals surface area (Å²) >= 11 is 11.3. The van der Waals surface area contributed by atoms with Gasteiger partial charge in [-0.05, 0) is 37.4 Å². The highest BCUT2D eigenvalue weighted by atomic mass is 35.5. The van der Waals surface area contributed by atoms with Crippen LogP contribution in [0.1, 0.15) is 19.3 Å². The molecule has 112 valence electrons. The van der Waals surface area contributed by atoms with Crippen LogP contribution in [0.2, 0.25) is 10.0 Å². The number of nitrogens with one attached hydrogen (secondary N) is 1. The van der Waals surface area contributed by atoms with Crippen molar-refractivity contribution in [2.45, 2.75) is 30.2 Å².